The van der Waals surface area contributed by atoms with Gasteiger partial charge in [-0.2, -0.15) is 5.10 Å². The number of carbonyl (C=O) groups excluding carboxylic acids is 3. The zero-order valence-corrected chi connectivity index (χ0v) is 40.2. The first-order valence-corrected chi connectivity index (χ1v) is 24.6. The van der Waals surface area contributed by atoms with E-state index in [9.17, 15) is 28.7 Å². The summed E-state index contributed by atoms with van der Waals surface area (Å²) in [5.41, 5.74) is 7.93. The Bertz CT molecular complexity index is 3010. The molecule has 69 heavy (non-hydrogen) atoms. The standard InChI is InChI=1S/C53H58ClFN8O6/c1-32-47(33(2)58(3)57-32)48-43(54)14-13-42-41(7-5-27-69-45-8-4-6-35-28-37(55)9-11-39(35)45)50(53(67)68)62(49(42)48)26-23-59-19-17-34(18-20-59)30-60-21-24-61(25-22-60)38-10-12-40-36(29-38)31-63(52(40)66)44-15-16-46(64)56-51(44)65/h4,6,8-14,28-29,34,44H,5,7,15-27,30-31H2,1-3H3,(H,67,68)(H,56,64,65)/t44-/m1/s1. The first-order valence-electron chi connectivity index (χ1n) is 24.2. The van der Waals surface area contributed by atoms with E-state index in [1.54, 1.807) is 11.0 Å². The molecule has 10 rings (SSSR count). The van der Waals surface area contributed by atoms with E-state index in [1.165, 1.54) is 12.1 Å². The van der Waals surface area contributed by atoms with Crippen molar-refractivity contribution in [3.8, 4) is 16.9 Å². The second kappa shape index (κ2) is 19.2. The molecule has 0 radical (unpaired) electrons. The van der Waals surface area contributed by atoms with E-state index >= 15 is 0 Å². The van der Waals surface area contributed by atoms with Crippen molar-refractivity contribution in [1.82, 2.24) is 34.4 Å². The number of amides is 3. The van der Waals surface area contributed by atoms with Crippen molar-refractivity contribution >= 4 is 62.7 Å². The van der Waals surface area contributed by atoms with E-state index in [-0.39, 0.29) is 29.7 Å². The van der Waals surface area contributed by atoms with Crippen molar-refractivity contribution in [3.05, 3.63) is 111 Å². The number of aromatic nitrogens is 3. The van der Waals surface area contributed by atoms with Crippen LogP contribution in [0.2, 0.25) is 5.02 Å². The van der Waals surface area contributed by atoms with Gasteiger partial charge in [0, 0.05) is 105 Å². The van der Waals surface area contributed by atoms with Crippen LogP contribution < -0.4 is 15.0 Å². The van der Waals surface area contributed by atoms with Gasteiger partial charge in [0.15, 0.2) is 0 Å². The molecule has 14 nitrogen and oxygen atoms in total. The van der Waals surface area contributed by atoms with E-state index in [0.717, 1.165) is 120 Å². The summed E-state index contributed by atoms with van der Waals surface area (Å²) in [5, 5.41) is 21.1. The third kappa shape index (κ3) is 9.07. The first kappa shape index (κ1) is 46.4. The molecule has 4 aliphatic rings. The number of ether oxygens (including phenoxy) is 1. The van der Waals surface area contributed by atoms with Crippen molar-refractivity contribution < 1.29 is 33.4 Å². The third-order valence-corrected chi connectivity index (χ3v) is 15.3. The first-order chi connectivity index (χ1) is 33.3. The molecule has 3 saturated heterocycles. The normalized spacial score (nSPS) is 18.4. The molecule has 3 fully saturated rings. The molecule has 0 unspecified atom stereocenters. The summed E-state index contributed by atoms with van der Waals surface area (Å²) in [6.45, 7) is 12.4. The zero-order chi connectivity index (χ0) is 48.1. The maximum Gasteiger partial charge on any atom is 0.352 e. The van der Waals surface area contributed by atoms with Crippen molar-refractivity contribution in [2.75, 3.05) is 63.9 Å². The predicted octanol–water partition coefficient (Wildman–Crippen LogP) is 7.61. The second-order valence-electron chi connectivity index (χ2n) is 19.2. The summed E-state index contributed by atoms with van der Waals surface area (Å²) in [5.74, 6) is -0.917. The molecule has 0 aliphatic carbocycles. The molecule has 360 valence electrons. The molecule has 1 atom stereocenters. The number of piperazine rings is 1. The molecule has 0 bridgehead atoms. The van der Waals surface area contributed by atoms with Crippen LogP contribution in [-0.2, 0) is 36.1 Å². The van der Waals surface area contributed by atoms with Gasteiger partial charge in [0.05, 0.1) is 22.8 Å². The highest BCUT2D eigenvalue weighted by molar-refractivity contribution is 6.35. The number of rotatable bonds is 14. The van der Waals surface area contributed by atoms with E-state index in [4.69, 9.17) is 21.4 Å². The monoisotopic (exact) mass is 956 g/mol. The van der Waals surface area contributed by atoms with Crippen LogP contribution in [0.15, 0.2) is 66.7 Å². The van der Waals surface area contributed by atoms with Gasteiger partial charge in [-0.25, -0.2) is 9.18 Å². The number of carboxylic acid groups (broad SMARTS) is 1. The molecular formula is C53H58ClFN8O6. The molecule has 6 heterocycles. The number of aryl methyl sites for hydroxylation is 3. The van der Waals surface area contributed by atoms with Crippen LogP contribution in [0.25, 0.3) is 32.8 Å². The highest BCUT2D eigenvalue weighted by atomic mass is 35.5. The number of nitrogens with one attached hydrogen (secondary N) is 1. The van der Waals surface area contributed by atoms with Crippen LogP contribution in [-0.4, -0.2) is 123 Å². The lowest BCUT2D eigenvalue weighted by molar-refractivity contribution is -0.136. The summed E-state index contributed by atoms with van der Waals surface area (Å²) in [7, 11) is 1.91. The molecule has 2 N–H and O–H groups in total. The van der Waals surface area contributed by atoms with Gasteiger partial charge in [0.25, 0.3) is 5.91 Å². The molecular weight excluding hydrogens is 899 g/mol. The smallest absolute Gasteiger partial charge is 0.352 e. The Morgan fingerprint density at radius 3 is 2.42 bits per heavy atom. The molecule has 0 saturated carbocycles. The summed E-state index contributed by atoms with van der Waals surface area (Å²) >= 11 is 7.11. The van der Waals surface area contributed by atoms with Crippen LogP contribution in [0.1, 0.15) is 75.5 Å². The van der Waals surface area contributed by atoms with Crippen LogP contribution >= 0.6 is 11.6 Å². The van der Waals surface area contributed by atoms with Crippen molar-refractivity contribution in [2.24, 2.45) is 13.0 Å². The molecule has 6 aromatic rings. The Labute approximate surface area is 405 Å². The lowest BCUT2D eigenvalue weighted by Crippen LogP contribution is -2.52. The number of fused-ring (bicyclic) bond motifs is 3. The van der Waals surface area contributed by atoms with E-state index < -0.39 is 17.9 Å². The van der Waals surface area contributed by atoms with Crippen molar-refractivity contribution in [3.63, 3.8) is 0 Å². The highest BCUT2D eigenvalue weighted by Gasteiger charge is 2.39. The van der Waals surface area contributed by atoms with Gasteiger partial charge in [-0.3, -0.25) is 29.3 Å². The van der Waals surface area contributed by atoms with Crippen LogP contribution in [0.4, 0.5) is 10.1 Å². The zero-order valence-electron chi connectivity index (χ0n) is 39.4. The maximum atomic E-state index is 14.0. The number of carboxylic acids is 1. The quantitative estimate of drug-likeness (QED) is 0.0827. The second-order valence-corrected chi connectivity index (χ2v) is 19.6. The number of hydrogen-bond donors (Lipinski definition) is 2. The summed E-state index contributed by atoms with van der Waals surface area (Å²) in [6.07, 6.45) is 3.73. The number of aromatic carboxylic acids is 1. The van der Waals surface area contributed by atoms with Gasteiger partial charge in [0.1, 0.15) is 23.3 Å². The number of likely N-dealkylation sites (tertiary alicyclic amines) is 1. The Balaban J connectivity index is 0.789. The molecule has 4 aromatic carbocycles. The summed E-state index contributed by atoms with van der Waals surface area (Å²) in [4.78, 5) is 59.9. The average molecular weight is 958 g/mol. The Hall–Kier alpha value is -6.29. The van der Waals surface area contributed by atoms with Crippen molar-refractivity contribution in [1.29, 1.82) is 0 Å². The van der Waals surface area contributed by atoms with Crippen LogP contribution in [0.3, 0.4) is 0 Å². The fourth-order valence-corrected chi connectivity index (χ4v) is 11.6. The number of benzene rings is 4. The van der Waals surface area contributed by atoms with Crippen molar-refractivity contribution in [2.45, 2.75) is 71.5 Å². The van der Waals surface area contributed by atoms with E-state index in [2.05, 4.69) is 26.1 Å². The van der Waals surface area contributed by atoms with Gasteiger partial charge in [-0.05, 0) is 130 Å². The Morgan fingerprint density at radius 2 is 1.68 bits per heavy atom. The molecule has 16 heteroatoms. The van der Waals surface area contributed by atoms with Crippen LogP contribution in [0, 0.1) is 25.6 Å². The SMILES string of the molecule is Cc1nn(C)c(C)c1-c1c(Cl)ccc2c(CCCOc3cccc4cc(F)ccc34)c(C(=O)O)n(CCN3CCC(CN4CCN(c5ccc6c(c5)CN([C@@H]5CCC(=O)NC5=O)C6=O)CC4)CC3)c12. The fraction of sp³-hybridized carbons (Fsp3) is 0.415. The third-order valence-electron chi connectivity index (χ3n) is 15.0. The van der Waals surface area contributed by atoms with E-state index in [1.807, 2.05) is 72.6 Å². The minimum absolute atomic E-state index is 0.155. The number of halogens is 2. The number of nitrogens with zero attached hydrogens (tertiary/aromatic N) is 7. The molecule has 2 aromatic heterocycles. The number of carbonyl (C=O) groups is 4. The highest BCUT2D eigenvalue weighted by Crippen LogP contribution is 2.42. The fourth-order valence-electron chi connectivity index (χ4n) is 11.3. The lowest BCUT2D eigenvalue weighted by Gasteiger charge is -2.39. The van der Waals surface area contributed by atoms with Crippen LogP contribution in [0.5, 0.6) is 5.75 Å². The van der Waals surface area contributed by atoms with E-state index in [0.29, 0.717) is 67.8 Å². The Morgan fingerprint density at radius 1 is 0.899 bits per heavy atom. The van der Waals surface area contributed by atoms with Gasteiger partial charge in [-0.15, -0.1) is 0 Å². The number of imide groups is 1. The predicted molar refractivity (Wildman–Crippen MR) is 264 cm³/mol. The largest absolute Gasteiger partial charge is 0.493 e. The minimum Gasteiger partial charge on any atom is -0.493 e. The van der Waals surface area contributed by atoms with Gasteiger partial charge in [0.2, 0.25) is 11.8 Å². The summed E-state index contributed by atoms with van der Waals surface area (Å²) in [6, 6.07) is 19.4. The van der Waals surface area contributed by atoms with Gasteiger partial charge >= 0.3 is 5.97 Å². The number of piperidine rings is 2. The summed E-state index contributed by atoms with van der Waals surface area (Å²) < 4.78 is 24.0. The van der Waals surface area contributed by atoms with Gasteiger partial charge in [-0.1, -0.05) is 29.8 Å². The lowest BCUT2D eigenvalue weighted by atomic mass is 9.96. The van der Waals surface area contributed by atoms with Gasteiger partial charge < -0.3 is 29.1 Å². The number of anilines is 1. The minimum atomic E-state index is -0.985. The maximum absolute atomic E-state index is 14.0. The Kier molecular flexibility index (Phi) is 13.0. The molecule has 3 amide bonds. The topological polar surface area (TPSA) is 145 Å². The molecule has 4 aliphatic heterocycles. The molecule has 0 spiro atoms. The number of hydrogen-bond acceptors (Lipinski definition) is 9. The average Bonchev–Trinajstić information content (AvgIpc) is 3.93.